The summed E-state index contributed by atoms with van der Waals surface area (Å²) in [7, 11) is 3.37. The highest BCUT2D eigenvalue weighted by atomic mass is 32.1. The van der Waals surface area contributed by atoms with Crippen LogP contribution in [0.4, 0.5) is 0 Å². The van der Waals surface area contributed by atoms with Crippen LogP contribution in [0.5, 0.6) is 17.2 Å². The van der Waals surface area contributed by atoms with Gasteiger partial charge in [-0.2, -0.15) is 0 Å². The maximum absolute atomic E-state index is 6.16. The molecule has 4 rings (SSSR count). The van der Waals surface area contributed by atoms with Crippen LogP contribution in [0, 0.1) is 6.92 Å². The number of nitrogens with one attached hydrogen (secondary N) is 1. The minimum atomic E-state index is 0.159. The summed E-state index contributed by atoms with van der Waals surface area (Å²) < 4.78 is 17.7. The molecule has 1 unspecified atom stereocenters. The molecular formula is C25H30N2O3S. The van der Waals surface area contributed by atoms with Crippen LogP contribution in [0.2, 0.25) is 0 Å². The number of methoxy groups -OCH3 is 2. The van der Waals surface area contributed by atoms with Gasteiger partial charge in [0.15, 0.2) is 11.5 Å². The van der Waals surface area contributed by atoms with Gasteiger partial charge in [-0.1, -0.05) is 30.3 Å². The van der Waals surface area contributed by atoms with Crippen LogP contribution < -0.4 is 19.5 Å². The normalized spacial score (nSPS) is 15.5. The largest absolute Gasteiger partial charge is 0.493 e. The molecule has 0 spiro atoms. The van der Waals surface area contributed by atoms with E-state index in [4.69, 9.17) is 14.2 Å². The molecule has 1 aliphatic rings. The van der Waals surface area contributed by atoms with Gasteiger partial charge in [-0.25, -0.2) is 0 Å². The van der Waals surface area contributed by atoms with Crippen LogP contribution >= 0.6 is 11.3 Å². The van der Waals surface area contributed by atoms with E-state index in [1.807, 2.05) is 41.7 Å². The number of hydrogen-bond acceptors (Lipinski definition) is 6. The summed E-state index contributed by atoms with van der Waals surface area (Å²) in [5.74, 6) is 2.02. The molecule has 0 saturated carbocycles. The Labute approximate surface area is 188 Å². The number of piperazine rings is 1. The van der Waals surface area contributed by atoms with E-state index in [-0.39, 0.29) is 6.04 Å². The van der Waals surface area contributed by atoms with Crippen LogP contribution in [-0.2, 0) is 6.61 Å². The van der Waals surface area contributed by atoms with E-state index in [9.17, 15) is 0 Å². The lowest BCUT2D eigenvalue weighted by Gasteiger charge is -2.35. The van der Waals surface area contributed by atoms with Gasteiger partial charge in [0.05, 0.1) is 20.3 Å². The maximum Gasteiger partial charge on any atom is 0.203 e. The first-order chi connectivity index (χ1) is 15.2. The highest BCUT2D eigenvalue weighted by Gasteiger charge is 2.28. The van der Waals surface area contributed by atoms with Crippen molar-refractivity contribution >= 4 is 11.3 Å². The second kappa shape index (κ2) is 10.2. The average Bonchev–Trinajstić information content (AvgIpc) is 3.24. The first kappa shape index (κ1) is 21.7. The predicted molar refractivity (Wildman–Crippen MR) is 126 cm³/mol. The third kappa shape index (κ3) is 5.03. The van der Waals surface area contributed by atoms with E-state index < -0.39 is 0 Å². The first-order valence-electron chi connectivity index (χ1n) is 10.6. The lowest BCUT2D eigenvalue weighted by molar-refractivity contribution is 0.199. The average molecular weight is 439 g/mol. The number of hydrogen-bond donors (Lipinski definition) is 1. The molecule has 3 aromatic rings. The minimum Gasteiger partial charge on any atom is -0.493 e. The van der Waals surface area contributed by atoms with Crippen molar-refractivity contribution < 1.29 is 14.2 Å². The zero-order valence-electron chi connectivity index (χ0n) is 18.4. The lowest BCUT2D eigenvalue weighted by atomic mass is 10.0. The number of benzene rings is 2. The fourth-order valence-electron chi connectivity index (χ4n) is 4.02. The number of thiophene rings is 1. The molecule has 1 N–H and O–H groups in total. The molecule has 1 atom stereocenters. The van der Waals surface area contributed by atoms with Crippen LogP contribution in [0.15, 0.2) is 53.9 Å². The molecule has 1 saturated heterocycles. The second-order valence-corrected chi connectivity index (χ2v) is 8.69. The summed E-state index contributed by atoms with van der Waals surface area (Å²) in [6, 6.07) is 16.8. The van der Waals surface area contributed by atoms with Crippen LogP contribution in [0.25, 0.3) is 0 Å². The molecule has 1 aromatic heterocycles. The third-order valence-corrected chi connectivity index (χ3v) is 6.66. The van der Waals surface area contributed by atoms with Gasteiger partial charge in [0, 0.05) is 31.1 Å². The van der Waals surface area contributed by atoms with Crippen molar-refractivity contribution in [3.63, 3.8) is 0 Å². The van der Waals surface area contributed by atoms with Crippen molar-refractivity contribution in [1.82, 2.24) is 10.2 Å². The summed E-state index contributed by atoms with van der Waals surface area (Å²) in [4.78, 5) is 3.86. The van der Waals surface area contributed by atoms with E-state index in [0.29, 0.717) is 23.9 Å². The van der Waals surface area contributed by atoms with Crippen molar-refractivity contribution in [1.29, 1.82) is 0 Å². The number of rotatable bonds is 8. The molecule has 5 nitrogen and oxygen atoms in total. The fraction of sp³-hybridized carbons (Fsp3) is 0.360. The monoisotopic (exact) mass is 438 g/mol. The SMILES string of the molecule is COc1cc(C(c2cc(C)cs2)N2CCNCC2)cc(OC)c1OCc1ccccc1. The van der Waals surface area contributed by atoms with Crippen molar-refractivity contribution in [2.75, 3.05) is 40.4 Å². The molecule has 31 heavy (non-hydrogen) atoms. The van der Waals surface area contributed by atoms with Crippen LogP contribution in [0.3, 0.4) is 0 Å². The van der Waals surface area contributed by atoms with E-state index in [2.05, 4.69) is 40.7 Å². The molecule has 1 fully saturated rings. The fourth-order valence-corrected chi connectivity index (χ4v) is 5.08. The predicted octanol–water partition coefficient (Wildman–Crippen LogP) is 4.65. The molecule has 164 valence electrons. The van der Waals surface area contributed by atoms with Gasteiger partial charge < -0.3 is 19.5 Å². The molecule has 1 aliphatic heterocycles. The Morgan fingerprint density at radius 3 is 2.26 bits per heavy atom. The van der Waals surface area contributed by atoms with Gasteiger partial charge in [-0.05, 0) is 47.2 Å². The molecular weight excluding hydrogens is 408 g/mol. The number of aryl methyl sites for hydroxylation is 1. The molecule has 0 radical (unpaired) electrons. The van der Waals surface area contributed by atoms with Crippen molar-refractivity contribution in [3.8, 4) is 17.2 Å². The van der Waals surface area contributed by atoms with Gasteiger partial charge in [-0.15, -0.1) is 11.3 Å². The summed E-state index contributed by atoms with van der Waals surface area (Å²) in [6.45, 7) is 6.59. The zero-order valence-corrected chi connectivity index (χ0v) is 19.2. The van der Waals surface area contributed by atoms with E-state index in [1.165, 1.54) is 10.4 Å². The van der Waals surface area contributed by atoms with Crippen LogP contribution in [0.1, 0.15) is 27.6 Å². The van der Waals surface area contributed by atoms with Gasteiger partial charge in [0.25, 0.3) is 0 Å². The van der Waals surface area contributed by atoms with Crippen LogP contribution in [-0.4, -0.2) is 45.3 Å². The summed E-state index contributed by atoms with van der Waals surface area (Å²) >= 11 is 1.81. The molecule has 6 heteroatoms. The summed E-state index contributed by atoms with van der Waals surface area (Å²) in [6.07, 6.45) is 0. The van der Waals surface area contributed by atoms with Gasteiger partial charge in [-0.3, -0.25) is 4.90 Å². The molecule has 2 heterocycles. The van der Waals surface area contributed by atoms with Crippen molar-refractivity contribution in [3.05, 3.63) is 75.5 Å². The highest BCUT2D eigenvalue weighted by molar-refractivity contribution is 7.10. The molecule has 0 bridgehead atoms. The Kier molecular flexibility index (Phi) is 7.12. The molecule has 0 amide bonds. The molecule has 0 aliphatic carbocycles. The standard InChI is InChI=1S/C25H30N2O3S/c1-18-13-23(31-17-18)24(27-11-9-26-10-12-27)20-14-21(28-2)25(22(15-20)29-3)30-16-19-7-5-4-6-8-19/h4-8,13-15,17,24,26H,9-12,16H2,1-3H3. The van der Waals surface area contributed by atoms with Crippen molar-refractivity contribution in [2.45, 2.75) is 19.6 Å². The topological polar surface area (TPSA) is 43.0 Å². The number of nitrogens with zero attached hydrogens (tertiary/aromatic N) is 1. The Balaban J connectivity index is 1.70. The van der Waals surface area contributed by atoms with Gasteiger partial charge in [0.1, 0.15) is 6.61 Å². The second-order valence-electron chi connectivity index (χ2n) is 7.74. The summed E-state index contributed by atoms with van der Waals surface area (Å²) in [5, 5.41) is 5.68. The van der Waals surface area contributed by atoms with Gasteiger partial charge in [0.2, 0.25) is 5.75 Å². The maximum atomic E-state index is 6.16. The Hall–Kier alpha value is -2.54. The Morgan fingerprint density at radius 2 is 1.68 bits per heavy atom. The van der Waals surface area contributed by atoms with Crippen molar-refractivity contribution in [2.24, 2.45) is 0 Å². The van der Waals surface area contributed by atoms with E-state index in [1.54, 1.807) is 14.2 Å². The first-order valence-corrected chi connectivity index (χ1v) is 11.5. The highest BCUT2D eigenvalue weighted by Crippen LogP contribution is 2.43. The van der Waals surface area contributed by atoms with Gasteiger partial charge >= 0.3 is 0 Å². The molecule has 2 aromatic carbocycles. The zero-order chi connectivity index (χ0) is 21.6. The summed E-state index contributed by atoms with van der Waals surface area (Å²) in [5.41, 5.74) is 3.55. The van der Waals surface area contributed by atoms with E-state index >= 15 is 0 Å². The third-order valence-electron chi connectivity index (χ3n) is 5.56. The van der Waals surface area contributed by atoms with E-state index in [0.717, 1.165) is 37.3 Å². The number of ether oxygens (including phenoxy) is 3. The lowest BCUT2D eigenvalue weighted by Crippen LogP contribution is -2.45. The quantitative estimate of drug-likeness (QED) is 0.555. The Morgan fingerprint density at radius 1 is 1.00 bits per heavy atom. The smallest absolute Gasteiger partial charge is 0.203 e. The minimum absolute atomic E-state index is 0.159. The Bertz CT molecular complexity index is 958.